The highest BCUT2D eigenvalue weighted by Gasteiger charge is 2.43. The third-order valence-electron chi connectivity index (χ3n) is 3.20. The Hall–Kier alpha value is -1.99. The van der Waals surface area contributed by atoms with Crippen LogP contribution in [0.4, 0.5) is 13.2 Å². The molecule has 2 heterocycles. The predicted octanol–water partition coefficient (Wildman–Crippen LogP) is 2.39. The van der Waals surface area contributed by atoms with E-state index in [1.54, 1.807) is 0 Å². The SMILES string of the molecule is O=C(O)c1ccc(C(=O)N2CCCC(C(F)(F)F)C2)o1. The van der Waals surface area contributed by atoms with Crippen LogP contribution in [0.3, 0.4) is 0 Å². The van der Waals surface area contributed by atoms with Gasteiger partial charge in [-0.1, -0.05) is 0 Å². The molecule has 1 atom stereocenters. The Morgan fingerprint density at radius 3 is 2.50 bits per heavy atom. The molecule has 0 aliphatic carbocycles. The summed E-state index contributed by atoms with van der Waals surface area (Å²) in [4.78, 5) is 23.7. The van der Waals surface area contributed by atoms with Crippen LogP contribution in [0.25, 0.3) is 0 Å². The van der Waals surface area contributed by atoms with Gasteiger partial charge in [-0.15, -0.1) is 0 Å². The highest BCUT2D eigenvalue weighted by Crippen LogP contribution is 2.33. The summed E-state index contributed by atoms with van der Waals surface area (Å²) >= 11 is 0. The topological polar surface area (TPSA) is 70.8 Å². The number of hydrogen-bond acceptors (Lipinski definition) is 3. The van der Waals surface area contributed by atoms with Crippen molar-refractivity contribution in [2.24, 2.45) is 5.92 Å². The summed E-state index contributed by atoms with van der Waals surface area (Å²) in [6, 6.07) is 2.25. The van der Waals surface area contributed by atoms with Gasteiger partial charge in [0.2, 0.25) is 5.76 Å². The van der Waals surface area contributed by atoms with Gasteiger partial charge >= 0.3 is 12.1 Å². The van der Waals surface area contributed by atoms with Gasteiger partial charge in [0.1, 0.15) is 0 Å². The maximum Gasteiger partial charge on any atom is 0.393 e. The lowest BCUT2D eigenvalue weighted by Crippen LogP contribution is -2.44. The Balaban J connectivity index is 2.10. The molecule has 1 saturated heterocycles. The van der Waals surface area contributed by atoms with E-state index in [1.165, 1.54) is 0 Å². The van der Waals surface area contributed by atoms with Crippen LogP contribution in [-0.2, 0) is 0 Å². The maximum absolute atomic E-state index is 12.7. The van der Waals surface area contributed by atoms with Crippen molar-refractivity contribution in [3.05, 3.63) is 23.7 Å². The summed E-state index contributed by atoms with van der Waals surface area (Å²) in [6.07, 6.45) is -4.09. The number of hydrogen-bond donors (Lipinski definition) is 1. The van der Waals surface area contributed by atoms with Crippen LogP contribution in [0, 0.1) is 5.92 Å². The first-order chi connectivity index (χ1) is 9.29. The largest absolute Gasteiger partial charge is 0.475 e. The zero-order valence-corrected chi connectivity index (χ0v) is 10.3. The summed E-state index contributed by atoms with van der Waals surface area (Å²) in [5.74, 6) is -4.28. The van der Waals surface area contributed by atoms with E-state index in [4.69, 9.17) is 9.52 Å². The van der Waals surface area contributed by atoms with Gasteiger partial charge in [0.25, 0.3) is 5.91 Å². The van der Waals surface area contributed by atoms with Gasteiger partial charge in [-0.3, -0.25) is 4.79 Å². The lowest BCUT2D eigenvalue weighted by Gasteiger charge is -2.33. The van der Waals surface area contributed by atoms with E-state index < -0.39 is 36.3 Å². The average Bonchev–Trinajstić information content (AvgIpc) is 2.87. The van der Waals surface area contributed by atoms with Crippen LogP contribution in [0.1, 0.15) is 34.0 Å². The minimum atomic E-state index is -4.34. The number of nitrogens with zero attached hydrogens (tertiary/aromatic N) is 1. The van der Waals surface area contributed by atoms with Gasteiger partial charge in [-0.05, 0) is 25.0 Å². The van der Waals surface area contributed by atoms with Crippen molar-refractivity contribution in [1.29, 1.82) is 0 Å². The van der Waals surface area contributed by atoms with Gasteiger partial charge in [-0.2, -0.15) is 13.2 Å². The molecule has 1 N–H and O–H groups in total. The molecule has 8 heteroatoms. The molecule has 20 heavy (non-hydrogen) atoms. The molecule has 1 aliphatic rings. The molecule has 0 bridgehead atoms. The lowest BCUT2D eigenvalue weighted by molar-refractivity contribution is -0.184. The fraction of sp³-hybridized carbons (Fsp3) is 0.500. The zero-order valence-electron chi connectivity index (χ0n) is 10.3. The molecule has 1 fully saturated rings. The van der Waals surface area contributed by atoms with Crippen molar-refractivity contribution >= 4 is 11.9 Å². The van der Waals surface area contributed by atoms with Gasteiger partial charge < -0.3 is 14.4 Å². The number of likely N-dealkylation sites (tertiary alicyclic amines) is 1. The van der Waals surface area contributed by atoms with Crippen LogP contribution in [0.15, 0.2) is 16.5 Å². The number of rotatable bonds is 2. The highest BCUT2D eigenvalue weighted by molar-refractivity contribution is 5.93. The Morgan fingerprint density at radius 1 is 1.30 bits per heavy atom. The molecule has 0 spiro atoms. The molecule has 1 aliphatic heterocycles. The lowest BCUT2D eigenvalue weighted by atomic mass is 9.97. The second-order valence-electron chi connectivity index (χ2n) is 4.60. The van der Waals surface area contributed by atoms with E-state index in [0.717, 1.165) is 17.0 Å². The molecule has 1 aromatic rings. The molecule has 0 radical (unpaired) electrons. The zero-order chi connectivity index (χ0) is 14.9. The first-order valence-corrected chi connectivity index (χ1v) is 5.98. The predicted molar refractivity (Wildman–Crippen MR) is 60.3 cm³/mol. The number of amides is 1. The molecule has 5 nitrogen and oxygen atoms in total. The Labute approximate surface area is 112 Å². The number of carbonyl (C=O) groups is 2. The second kappa shape index (κ2) is 5.18. The first-order valence-electron chi connectivity index (χ1n) is 5.98. The van der Waals surface area contributed by atoms with Crippen molar-refractivity contribution < 1.29 is 32.3 Å². The molecule has 2 rings (SSSR count). The summed E-state index contributed by atoms with van der Waals surface area (Å²) < 4.78 is 42.8. The van der Waals surface area contributed by atoms with E-state index in [1.807, 2.05) is 0 Å². The number of furan rings is 1. The van der Waals surface area contributed by atoms with Crippen LogP contribution in [-0.4, -0.2) is 41.1 Å². The molecule has 1 aromatic heterocycles. The van der Waals surface area contributed by atoms with E-state index in [0.29, 0.717) is 0 Å². The van der Waals surface area contributed by atoms with Gasteiger partial charge in [0.15, 0.2) is 5.76 Å². The van der Waals surface area contributed by atoms with E-state index in [2.05, 4.69) is 0 Å². The summed E-state index contributed by atoms with van der Waals surface area (Å²) in [7, 11) is 0. The number of carbonyl (C=O) groups excluding carboxylic acids is 1. The van der Waals surface area contributed by atoms with Gasteiger partial charge in [0.05, 0.1) is 5.92 Å². The van der Waals surface area contributed by atoms with Gasteiger partial charge in [-0.25, -0.2) is 4.79 Å². The molecular formula is C12H12F3NO4. The summed E-state index contributed by atoms with van der Waals surface area (Å²) in [6.45, 7) is -0.222. The number of piperidine rings is 1. The van der Waals surface area contributed by atoms with Crippen LogP contribution >= 0.6 is 0 Å². The van der Waals surface area contributed by atoms with Crippen molar-refractivity contribution in [2.45, 2.75) is 19.0 Å². The number of halogens is 3. The third-order valence-corrected chi connectivity index (χ3v) is 3.20. The third kappa shape index (κ3) is 2.94. The number of alkyl halides is 3. The molecule has 1 amide bonds. The number of carboxylic acid groups (broad SMARTS) is 1. The molecule has 1 unspecified atom stereocenters. The number of aromatic carboxylic acids is 1. The number of carboxylic acids is 1. The fourth-order valence-electron chi connectivity index (χ4n) is 2.15. The Bertz CT molecular complexity index is 523. The highest BCUT2D eigenvalue weighted by atomic mass is 19.4. The summed E-state index contributed by atoms with van der Waals surface area (Å²) in [5.41, 5.74) is 0. The minimum Gasteiger partial charge on any atom is -0.475 e. The first kappa shape index (κ1) is 14.4. The monoisotopic (exact) mass is 291 g/mol. The van der Waals surface area contributed by atoms with E-state index in [9.17, 15) is 22.8 Å². The smallest absolute Gasteiger partial charge is 0.393 e. The molecule has 0 saturated carbocycles. The van der Waals surface area contributed by atoms with E-state index >= 15 is 0 Å². The van der Waals surface area contributed by atoms with Crippen molar-refractivity contribution in [2.75, 3.05) is 13.1 Å². The van der Waals surface area contributed by atoms with Crippen LogP contribution in [0.2, 0.25) is 0 Å². The van der Waals surface area contributed by atoms with Crippen molar-refractivity contribution in [3.8, 4) is 0 Å². The van der Waals surface area contributed by atoms with E-state index in [-0.39, 0.29) is 25.1 Å². The maximum atomic E-state index is 12.7. The Kier molecular flexibility index (Phi) is 3.74. The quantitative estimate of drug-likeness (QED) is 0.908. The van der Waals surface area contributed by atoms with Crippen molar-refractivity contribution in [1.82, 2.24) is 4.90 Å². The molecular weight excluding hydrogens is 279 g/mol. The van der Waals surface area contributed by atoms with Crippen molar-refractivity contribution in [3.63, 3.8) is 0 Å². The molecule has 110 valence electrons. The van der Waals surface area contributed by atoms with Crippen LogP contribution < -0.4 is 0 Å². The second-order valence-corrected chi connectivity index (χ2v) is 4.60. The molecule has 0 aromatic carbocycles. The standard InChI is InChI=1S/C12H12F3NO4/c13-12(14,15)7-2-1-5-16(6-7)10(17)8-3-4-9(20-8)11(18)19/h3-4,7H,1-2,5-6H2,(H,18,19). The Morgan fingerprint density at radius 2 is 1.95 bits per heavy atom. The summed E-state index contributed by atoms with van der Waals surface area (Å²) in [5, 5.41) is 8.67. The van der Waals surface area contributed by atoms with Gasteiger partial charge in [0, 0.05) is 13.1 Å². The fourth-order valence-corrected chi connectivity index (χ4v) is 2.15. The van der Waals surface area contributed by atoms with Crippen LogP contribution in [0.5, 0.6) is 0 Å². The minimum absolute atomic E-state index is 0.00812. The average molecular weight is 291 g/mol. The normalized spacial score (nSPS) is 19.9.